The molecule has 0 unspecified atom stereocenters. The molecule has 0 aliphatic heterocycles. The molecule has 0 heterocycles. The van der Waals surface area contributed by atoms with Crippen molar-refractivity contribution in [2.24, 2.45) is 5.90 Å². The molecule has 0 bridgehead atoms. The smallest absolute Gasteiger partial charge is 0.0933 e. The summed E-state index contributed by atoms with van der Waals surface area (Å²) >= 11 is 3.40. The van der Waals surface area contributed by atoms with Gasteiger partial charge in [-0.25, -0.2) is 5.90 Å². The normalized spacial score (nSPS) is 10.2. The average molecular weight is 230 g/mol. The highest BCUT2D eigenvalue weighted by Crippen LogP contribution is 2.17. The van der Waals surface area contributed by atoms with Crippen LogP contribution in [0.5, 0.6) is 0 Å². The quantitative estimate of drug-likeness (QED) is 0.809. The molecule has 0 amide bonds. The summed E-state index contributed by atoms with van der Waals surface area (Å²) in [4.78, 5) is 4.60. The Labute approximate surface area is 80.8 Å². The molecule has 0 aliphatic rings. The Hall–Kier alpha value is -0.380. The van der Waals surface area contributed by atoms with E-state index in [1.54, 1.807) is 0 Å². The maximum atomic E-state index is 5.02. The molecule has 1 aromatic carbocycles. The van der Waals surface area contributed by atoms with Gasteiger partial charge in [-0.15, -0.1) is 0 Å². The summed E-state index contributed by atoms with van der Waals surface area (Å²) in [5, 5.41) is 0. The zero-order chi connectivity index (χ0) is 8.97. The molecule has 0 saturated carbocycles. The third-order valence-electron chi connectivity index (χ3n) is 1.79. The Morgan fingerprint density at radius 1 is 1.42 bits per heavy atom. The number of hydrogen-bond donors (Lipinski definition) is 1. The Morgan fingerprint density at radius 3 is 2.75 bits per heavy atom. The van der Waals surface area contributed by atoms with Gasteiger partial charge >= 0.3 is 0 Å². The van der Waals surface area contributed by atoms with Crippen molar-refractivity contribution < 1.29 is 4.84 Å². The third kappa shape index (κ3) is 2.30. The number of hydrogen-bond acceptors (Lipinski definition) is 2. The molecule has 66 valence electrons. The van der Waals surface area contributed by atoms with Gasteiger partial charge in [0.25, 0.3) is 0 Å². The lowest BCUT2D eigenvalue weighted by Gasteiger charge is -2.06. The van der Waals surface area contributed by atoms with Crippen LogP contribution in [-0.4, -0.2) is 0 Å². The van der Waals surface area contributed by atoms with E-state index in [-0.39, 0.29) is 0 Å². The first-order valence-corrected chi connectivity index (χ1v) is 4.66. The predicted molar refractivity (Wildman–Crippen MR) is 52.5 cm³/mol. The van der Waals surface area contributed by atoms with Crippen LogP contribution >= 0.6 is 15.9 Å². The summed E-state index contributed by atoms with van der Waals surface area (Å²) in [6, 6.07) is 6.14. The zero-order valence-corrected chi connectivity index (χ0v) is 8.60. The number of benzene rings is 1. The standard InChI is InChI=1S/C9H12BrNO/c1-2-7-3-4-9(10)5-8(7)6-12-11/h3-5H,2,6,11H2,1H3. The third-order valence-corrected chi connectivity index (χ3v) is 2.28. The fourth-order valence-electron chi connectivity index (χ4n) is 1.16. The van der Waals surface area contributed by atoms with E-state index >= 15 is 0 Å². The topological polar surface area (TPSA) is 35.2 Å². The van der Waals surface area contributed by atoms with Crippen LogP contribution in [0.25, 0.3) is 0 Å². The molecule has 2 N–H and O–H groups in total. The Morgan fingerprint density at radius 2 is 2.17 bits per heavy atom. The average Bonchev–Trinajstić information content (AvgIpc) is 2.05. The first-order valence-electron chi connectivity index (χ1n) is 3.87. The molecule has 0 aliphatic carbocycles. The molecule has 1 aromatic rings. The van der Waals surface area contributed by atoms with E-state index in [0.717, 1.165) is 16.5 Å². The van der Waals surface area contributed by atoms with Crippen molar-refractivity contribution in [2.75, 3.05) is 0 Å². The maximum Gasteiger partial charge on any atom is 0.0933 e. The Bertz CT molecular complexity index is 263. The number of rotatable bonds is 3. The summed E-state index contributed by atoms with van der Waals surface area (Å²) in [5.41, 5.74) is 2.43. The summed E-state index contributed by atoms with van der Waals surface area (Å²) < 4.78 is 1.06. The van der Waals surface area contributed by atoms with Crippen molar-refractivity contribution in [1.29, 1.82) is 0 Å². The largest absolute Gasteiger partial charge is 0.300 e. The van der Waals surface area contributed by atoms with Crippen molar-refractivity contribution in [1.82, 2.24) is 0 Å². The van der Waals surface area contributed by atoms with Crippen LogP contribution in [0, 0.1) is 0 Å². The molecule has 0 fully saturated rings. The lowest BCUT2D eigenvalue weighted by molar-refractivity contribution is 0.123. The second-order valence-electron chi connectivity index (χ2n) is 2.58. The van der Waals surface area contributed by atoms with Gasteiger partial charge in [-0.3, -0.25) is 4.84 Å². The highest BCUT2D eigenvalue weighted by molar-refractivity contribution is 9.10. The van der Waals surface area contributed by atoms with Gasteiger partial charge in [0.2, 0.25) is 0 Å². The summed E-state index contributed by atoms with van der Waals surface area (Å²) in [6.45, 7) is 2.59. The summed E-state index contributed by atoms with van der Waals surface area (Å²) in [5.74, 6) is 5.02. The lowest BCUT2D eigenvalue weighted by atomic mass is 10.1. The SMILES string of the molecule is CCc1ccc(Br)cc1CON. The van der Waals surface area contributed by atoms with Crippen LogP contribution in [0.4, 0.5) is 0 Å². The molecule has 2 nitrogen and oxygen atoms in total. The minimum atomic E-state index is 0.475. The monoisotopic (exact) mass is 229 g/mol. The van der Waals surface area contributed by atoms with Crippen LogP contribution < -0.4 is 5.90 Å². The molecule has 1 rings (SSSR count). The second kappa shape index (κ2) is 4.60. The van der Waals surface area contributed by atoms with E-state index in [2.05, 4.69) is 33.8 Å². The highest BCUT2D eigenvalue weighted by Gasteiger charge is 2.00. The van der Waals surface area contributed by atoms with Crippen molar-refractivity contribution in [2.45, 2.75) is 20.0 Å². The first-order chi connectivity index (χ1) is 5.77. The predicted octanol–water partition coefficient (Wildman–Crippen LogP) is 2.40. The van der Waals surface area contributed by atoms with Gasteiger partial charge in [-0.05, 0) is 29.7 Å². The highest BCUT2D eigenvalue weighted by atomic mass is 79.9. The fourth-order valence-corrected chi connectivity index (χ4v) is 1.57. The number of nitrogens with two attached hydrogens (primary N) is 1. The van der Waals surface area contributed by atoms with Gasteiger partial charge in [0.15, 0.2) is 0 Å². The van der Waals surface area contributed by atoms with E-state index < -0.39 is 0 Å². The van der Waals surface area contributed by atoms with Crippen molar-refractivity contribution in [3.63, 3.8) is 0 Å². The fraction of sp³-hybridized carbons (Fsp3) is 0.333. The molecule has 12 heavy (non-hydrogen) atoms. The molecular formula is C9H12BrNO. The van der Waals surface area contributed by atoms with Gasteiger partial charge in [0.1, 0.15) is 0 Å². The second-order valence-corrected chi connectivity index (χ2v) is 3.49. The van der Waals surface area contributed by atoms with E-state index in [4.69, 9.17) is 5.90 Å². The molecular weight excluding hydrogens is 218 g/mol. The lowest BCUT2D eigenvalue weighted by Crippen LogP contribution is -2.01. The maximum absolute atomic E-state index is 5.02. The van der Waals surface area contributed by atoms with E-state index in [1.807, 2.05) is 12.1 Å². The number of halogens is 1. The van der Waals surface area contributed by atoms with Gasteiger partial charge in [-0.2, -0.15) is 0 Å². The van der Waals surface area contributed by atoms with Gasteiger partial charge in [0.05, 0.1) is 6.61 Å². The molecule has 0 aromatic heterocycles. The molecule has 0 atom stereocenters. The van der Waals surface area contributed by atoms with Gasteiger partial charge in [-0.1, -0.05) is 28.9 Å². The van der Waals surface area contributed by atoms with Crippen LogP contribution in [-0.2, 0) is 17.9 Å². The zero-order valence-electron chi connectivity index (χ0n) is 7.01. The van der Waals surface area contributed by atoms with E-state index in [0.29, 0.717) is 6.61 Å². The molecule has 0 radical (unpaired) electrons. The Kier molecular flexibility index (Phi) is 3.72. The molecule has 3 heteroatoms. The van der Waals surface area contributed by atoms with Crippen LogP contribution in [0.1, 0.15) is 18.1 Å². The first kappa shape index (κ1) is 9.71. The van der Waals surface area contributed by atoms with Crippen molar-refractivity contribution in [3.8, 4) is 0 Å². The van der Waals surface area contributed by atoms with Crippen LogP contribution in [0.2, 0.25) is 0 Å². The summed E-state index contributed by atoms with van der Waals surface area (Å²) in [6.07, 6.45) is 1.01. The van der Waals surface area contributed by atoms with Gasteiger partial charge < -0.3 is 0 Å². The van der Waals surface area contributed by atoms with Crippen molar-refractivity contribution in [3.05, 3.63) is 33.8 Å². The minimum Gasteiger partial charge on any atom is -0.300 e. The van der Waals surface area contributed by atoms with Crippen molar-refractivity contribution >= 4 is 15.9 Å². The van der Waals surface area contributed by atoms with E-state index in [9.17, 15) is 0 Å². The molecule has 0 spiro atoms. The van der Waals surface area contributed by atoms with Crippen LogP contribution in [0.3, 0.4) is 0 Å². The minimum absolute atomic E-state index is 0.475. The van der Waals surface area contributed by atoms with Gasteiger partial charge in [0, 0.05) is 4.47 Å². The van der Waals surface area contributed by atoms with Crippen LogP contribution in [0.15, 0.2) is 22.7 Å². The summed E-state index contributed by atoms with van der Waals surface area (Å²) in [7, 11) is 0. The molecule has 0 saturated heterocycles. The van der Waals surface area contributed by atoms with E-state index in [1.165, 1.54) is 5.56 Å². The Balaban J connectivity index is 2.95. The number of aryl methyl sites for hydroxylation is 1.